The van der Waals surface area contributed by atoms with Crippen molar-refractivity contribution in [3.05, 3.63) is 92.9 Å². The van der Waals surface area contributed by atoms with E-state index in [1.807, 2.05) is 30.3 Å². The fourth-order valence-electron chi connectivity index (χ4n) is 2.83. The number of nitro groups is 1. The summed E-state index contributed by atoms with van der Waals surface area (Å²) in [6.45, 7) is 0.366. The van der Waals surface area contributed by atoms with Gasteiger partial charge in [0.15, 0.2) is 0 Å². The summed E-state index contributed by atoms with van der Waals surface area (Å²) in [5.41, 5.74) is 1.59. The molecule has 28 heavy (non-hydrogen) atoms. The Morgan fingerprint density at radius 3 is 2.50 bits per heavy atom. The predicted molar refractivity (Wildman–Crippen MR) is 110 cm³/mol. The van der Waals surface area contributed by atoms with E-state index in [1.54, 1.807) is 30.4 Å². The molecule has 1 fully saturated rings. The van der Waals surface area contributed by atoms with Crippen molar-refractivity contribution < 1.29 is 14.5 Å². The lowest BCUT2D eigenvalue weighted by molar-refractivity contribution is -0.385. The molecule has 0 radical (unpaired) electrons. The molecule has 0 atom stereocenters. The number of rotatable bonds is 7. The molecule has 0 unspecified atom stereocenters. The second kappa shape index (κ2) is 9.14. The molecule has 1 saturated heterocycles. The number of carbonyl (C=O) groups is 2. The van der Waals surface area contributed by atoms with Crippen molar-refractivity contribution in [3.63, 3.8) is 0 Å². The molecular weight excluding hydrogens is 376 g/mol. The number of nitro benzene ring substituents is 1. The second-order valence-corrected chi connectivity index (χ2v) is 7.11. The number of para-hydroxylation sites is 1. The fraction of sp³-hybridized carbons (Fsp3) is 0.143. The van der Waals surface area contributed by atoms with Gasteiger partial charge in [-0.2, -0.15) is 0 Å². The van der Waals surface area contributed by atoms with Gasteiger partial charge in [-0.15, -0.1) is 0 Å². The van der Waals surface area contributed by atoms with Gasteiger partial charge in [-0.25, -0.2) is 0 Å². The second-order valence-electron chi connectivity index (χ2n) is 6.12. The van der Waals surface area contributed by atoms with E-state index < -0.39 is 4.92 Å². The number of benzene rings is 2. The molecule has 3 rings (SSSR count). The maximum absolute atomic E-state index is 12.4. The molecule has 0 aromatic heterocycles. The first kappa shape index (κ1) is 19.6. The highest BCUT2D eigenvalue weighted by Crippen LogP contribution is 2.31. The lowest BCUT2D eigenvalue weighted by Gasteiger charge is -2.11. The van der Waals surface area contributed by atoms with Crippen LogP contribution in [0.25, 0.3) is 6.08 Å². The van der Waals surface area contributed by atoms with Crippen LogP contribution in [-0.2, 0) is 11.2 Å². The third-order valence-electron chi connectivity index (χ3n) is 4.22. The molecule has 0 bridgehead atoms. The van der Waals surface area contributed by atoms with Crippen LogP contribution < -0.4 is 0 Å². The number of amides is 2. The highest BCUT2D eigenvalue weighted by atomic mass is 32.2. The van der Waals surface area contributed by atoms with Gasteiger partial charge >= 0.3 is 0 Å². The summed E-state index contributed by atoms with van der Waals surface area (Å²) in [6.07, 6.45) is 6.13. The molecule has 0 N–H and O–H groups in total. The van der Waals surface area contributed by atoms with Gasteiger partial charge in [0.25, 0.3) is 16.8 Å². The number of hydrogen-bond acceptors (Lipinski definition) is 5. The van der Waals surface area contributed by atoms with Crippen LogP contribution in [0.2, 0.25) is 0 Å². The minimum absolute atomic E-state index is 0.0128. The van der Waals surface area contributed by atoms with Crippen LogP contribution >= 0.6 is 11.8 Å². The highest BCUT2D eigenvalue weighted by Gasteiger charge is 2.34. The monoisotopic (exact) mass is 394 g/mol. The van der Waals surface area contributed by atoms with Crippen molar-refractivity contribution in [1.29, 1.82) is 0 Å². The van der Waals surface area contributed by atoms with Gasteiger partial charge in [-0.1, -0.05) is 48.5 Å². The minimum atomic E-state index is -0.458. The Kier molecular flexibility index (Phi) is 6.39. The molecule has 2 aromatic carbocycles. The van der Waals surface area contributed by atoms with E-state index in [1.165, 1.54) is 17.0 Å². The van der Waals surface area contributed by atoms with Gasteiger partial charge in [0.05, 0.1) is 15.4 Å². The maximum Gasteiger partial charge on any atom is 0.293 e. The summed E-state index contributed by atoms with van der Waals surface area (Å²) in [5, 5.41) is 10.7. The number of thioether (sulfide) groups is 1. The summed E-state index contributed by atoms with van der Waals surface area (Å²) >= 11 is 0.887. The van der Waals surface area contributed by atoms with Crippen LogP contribution in [-0.4, -0.2) is 27.5 Å². The molecular formula is C21H18N2O4S. The lowest BCUT2D eigenvalue weighted by Crippen LogP contribution is -2.29. The van der Waals surface area contributed by atoms with Gasteiger partial charge in [0, 0.05) is 12.6 Å². The van der Waals surface area contributed by atoms with Crippen molar-refractivity contribution in [2.24, 2.45) is 0 Å². The zero-order valence-corrected chi connectivity index (χ0v) is 15.8. The third-order valence-corrected chi connectivity index (χ3v) is 5.15. The van der Waals surface area contributed by atoms with E-state index in [9.17, 15) is 19.7 Å². The first-order valence-electron chi connectivity index (χ1n) is 8.75. The smallest absolute Gasteiger partial charge is 0.268 e. The largest absolute Gasteiger partial charge is 0.293 e. The van der Waals surface area contributed by atoms with Crippen LogP contribution in [0.5, 0.6) is 0 Å². The summed E-state index contributed by atoms with van der Waals surface area (Å²) in [7, 11) is 0. The molecule has 0 spiro atoms. The van der Waals surface area contributed by atoms with E-state index >= 15 is 0 Å². The molecule has 1 aliphatic rings. The fourth-order valence-corrected chi connectivity index (χ4v) is 3.64. The number of carbonyl (C=O) groups excluding carboxylic acids is 2. The van der Waals surface area contributed by atoms with Crippen LogP contribution in [0.1, 0.15) is 17.5 Å². The quantitative estimate of drug-likeness (QED) is 0.382. The number of hydrogen-bond donors (Lipinski definition) is 0. The Morgan fingerprint density at radius 1 is 1.04 bits per heavy atom. The molecule has 2 aromatic rings. The van der Waals surface area contributed by atoms with Gasteiger partial charge in [0.1, 0.15) is 0 Å². The summed E-state index contributed by atoms with van der Waals surface area (Å²) < 4.78 is 0. The van der Waals surface area contributed by atoms with Gasteiger partial charge in [0.2, 0.25) is 0 Å². The Bertz CT molecular complexity index is 954. The Morgan fingerprint density at radius 2 is 1.75 bits per heavy atom. The topological polar surface area (TPSA) is 80.5 Å². The lowest BCUT2D eigenvalue weighted by atomic mass is 10.1. The molecule has 7 heteroatoms. The summed E-state index contributed by atoms with van der Waals surface area (Å²) in [5.74, 6) is -0.324. The number of aryl methyl sites for hydroxylation is 1. The Hall–Kier alpha value is -3.19. The first-order chi connectivity index (χ1) is 13.6. The van der Waals surface area contributed by atoms with Crippen LogP contribution in [0.15, 0.2) is 71.7 Å². The summed E-state index contributed by atoms with van der Waals surface area (Å²) in [6, 6.07) is 16.2. The van der Waals surface area contributed by atoms with Crippen molar-refractivity contribution in [3.8, 4) is 0 Å². The average Bonchev–Trinajstić information content (AvgIpc) is 2.96. The molecule has 142 valence electrons. The minimum Gasteiger partial charge on any atom is -0.268 e. The molecule has 0 aliphatic carbocycles. The van der Waals surface area contributed by atoms with Crippen molar-refractivity contribution in [2.75, 3.05) is 6.54 Å². The van der Waals surface area contributed by atoms with Gasteiger partial charge < -0.3 is 0 Å². The standard InChI is InChI=1S/C21H18N2O4S/c24-20-19(14-6-12-17-11-4-5-13-18(17)23(26)27)28-21(25)22(20)15-7-10-16-8-2-1-3-9-16/h1-6,8-9,11-14H,7,10,15H2/b12-6+,19-14+. The molecule has 6 nitrogen and oxygen atoms in total. The van der Waals surface area contributed by atoms with Gasteiger partial charge in [-0.3, -0.25) is 24.6 Å². The summed E-state index contributed by atoms with van der Waals surface area (Å²) in [4.78, 5) is 36.7. The van der Waals surface area contributed by atoms with E-state index in [4.69, 9.17) is 0 Å². The first-order valence-corrected chi connectivity index (χ1v) is 9.57. The molecule has 0 saturated carbocycles. The van der Waals surface area contributed by atoms with Crippen LogP contribution in [0.3, 0.4) is 0 Å². The number of imide groups is 1. The van der Waals surface area contributed by atoms with E-state index in [0.717, 1.165) is 23.7 Å². The van der Waals surface area contributed by atoms with Crippen molar-refractivity contribution >= 4 is 34.7 Å². The van der Waals surface area contributed by atoms with Crippen LogP contribution in [0, 0.1) is 10.1 Å². The Balaban J connectivity index is 1.62. The number of allylic oxidation sites excluding steroid dienone is 2. The highest BCUT2D eigenvalue weighted by molar-refractivity contribution is 8.18. The SMILES string of the molecule is O=C1S/C(=C/C=C/c2ccccc2[N+](=O)[O-])C(=O)N1CCCc1ccccc1. The van der Waals surface area contributed by atoms with Crippen molar-refractivity contribution in [2.45, 2.75) is 12.8 Å². The molecule has 2 amide bonds. The third kappa shape index (κ3) is 4.75. The zero-order valence-electron chi connectivity index (χ0n) is 15.0. The predicted octanol–water partition coefficient (Wildman–Crippen LogP) is 4.82. The van der Waals surface area contributed by atoms with Crippen molar-refractivity contribution in [1.82, 2.24) is 4.90 Å². The van der Waals surface area contributed by atoms with E-state index in [0.29, 0.717) is 23.4 Å². The van der Waals surface area contributed by atoms with Gasteiger partial charge in [-0.05, 0) is 48.4 Å². The molecule has 1 heterocycles. The van der Waals surface area contributed by atoms with Crippen LogP contribution in [0.4, 0.5) is 10.5 Å². The normalized spacial score (nSPS) is 15.7. The zero-order chi connectivity index (χ0) is 19.9. The Labute approximate surface area is 166 Å². The van der Waals surface area contributed by atoms with E-state index in [-0.39, 0.29) is 16.8 Å². The molecule has 1 aliphatic heterocycles. The maximum atomic E-state index is 12.4. The number of nitrogens with zero attached hydrogens (tertiary/aromatic N) is 2. The van der Waals surface area contributed by atoms with E-state index in [2.05, 4.69) is 0 Å². The average molecular weight is 394 g/mol.